The van der Waals surface area contributed by atoms with Crippen LogP contribution >= 0.6 is 0 Å². The summed E-state index contributed by atoms with van der Waals surface area (Å²) in [5.41, 5.74) is 0.459. The van der Waals surface area contributed by atoms with Gasteiger partial charge in [0.2, 0.25) is 6.54 Å². The van der Waals surface area contributed by atoms with E-state index in [1.807, 2.05) is 0 Å². The smallest absolute Gasteiger partial charge is 0.346 e. The fourth-order valence-corrected chi connectivity index (χ4v) is 1.75. The maximum atomic E-state index is 11.9. The normalized spacial score (nSPS) is 11.7. The molecule has 0 spiro atoms. The van der Waals surface area contributed by atoms with Crippen molar-refractivity contribution in [3.05, 3.63) is 64.6 Å². The van der Waals surface area contributed by atoms with E-state index in [4.69, 9.17) is 4.42 Å². The molecule has 110 valence electrons. The van der Waals surface area contributed by atoms with E-state index in [1.165, 1.54) is 18.4 Å². The third kappa shape index (κ3) is 3.80. The van der Waals surface area contributed by atoms with Crippen molar-refractivity contribution in [1.82, 2.24) is 5.06 Å². The zero-order chi connectivity index (χ0) is 15.2. The van der Waals surface area contributed by atoms with Crippen LogP contribution in [0.25, 0.3) is 0 Å². The van der Waals surface area contributed by atoms with Crippen molar-refractivity contribution in [3.8, 4) is 0 Å². The van der Waals surface area contributed by atoms with Crippen LogP contribution in [0.1, 0.15) is 11.8 Å². The Bertz CT molecular complexity index is 600. The Labute approximate surface area is 119 Å². The lowest BCUT2D eigenvalue weighted by Gasteiger charge is -2.21. The highest BCUT2D eigenvalue weighted by molar-refractivity contribution is 5.88. The SMILES string of the molecule is O=C(Nc1ccccc1)N(O)C(C[N+](=O)[O-])c1ccco1. The summed E-state index contributed by atoms with van der Waals surface area (Å²) in [6.45, 7) is -0.674. The molecule has 0 bridgehead atoms. The van der Waals surface area contributed by atoms with Gasteiger partial charge in [-0.3, -0.25) is 15.3 Å². The number of benzene rings is 1. The largest absolute Gasteiger partial charge is 0.467 e. The zero-order valence-corrected chi connectivity index (χ0v) is 10.9. The molecule has 0 fully saturated rings. The maximum absolute atomic E-state index is 11.9. The fraction of sp³-hybridized carbons (Fsp3) is 0.154. The van der Waals surface area contributed by atoms with Gasteiger partial charge >= 0.3 is 6.03 Å². The van der Waals surface area contributed by atoms with Crippen molar-refractivity contribution in [2.45, 2.75) is 6.04 Å². The van der Waals surface area contributed by atoms with Crippen molar-refractivity contribution in [1.29, 1.82) is 0 Å². The number of nitro groups is 1. The van der Waals surface area contributed by atoms with Gasteiger partial charge in [0.25, 0.3) is 0 Å². The first-order valence-corrected chi connectivity index (χ1v) is 6.07. The van der Waals surface area contributed by atoms with Gasteiger partial charge in [-0.05, 0) is 24.3 Å². The van der Waals surface area contributed by atoms with Crippen LogP contribution < -0.4 is 5.32 Å². The molecule has 1 heterocycles. The van der Waals surface area contributed by atoms with Crippen LogP contribution in [0.3, 0.4) is 0 Å². The highest BCUT2D eigenvalue weighted by Gasteiger charge is 2.31. The van der Waals surface area contributed by atoms with Crippen LogP contribution in [0.4, 0.5) is 10.5 Å². The number of hydrogen-bond donors (Lipinski definition) is 2. The minimum Gasteiger partial charge on any atom is -0.467 e. The lowest BCUT2D eigenvalue weighted by atomic mass is 10.2. The number of nitrogens with one attached hydrogen (secondary N) is 1. The topological polar surface area (TPSA) is 109 Å². The van der Waals surface area contributed by atoms with E-state index in [0.29, 0.717) is 5.69 Å². The summed E-state index contributed by atoms with van der Waals surface area (Å²) in [6, 6.07) is 9.31. The zero-order valence-electron chi connectivity index (χ0n) is 10.9. The summed E-state index contributed by atoms with van der Waals surface area (Å²) in [5, 5.41) is 23.3. The van der Waals surface area contributed by atoms with Crippen LogP contribution in [0, 0.1) is 10.1 Å². The summed E-state index contributed by atoms with van der Waals surface area (Å²) in [5.74, 6) is 0.123. The average molecular weight is 291 g/mol. The van der Waals surface area contributed by atoms with Gasteiger partial charge in [-0.25, -0.2) is 4.79 Å². The highest BCUT2D eigenvalue weighted by Crippen LogP contribution is 2.21. The number of carbonyl (C=O) groups is 1. The third-order valence-corrected chi connectivity index (χ3v) is 2.72. The molecule has 2 amide bonds. The number of hydroxylamine groups is 2. The summed E-state index contributed by atoms with van der Waals surface area (Å²) in [6.07, 6.45) is 1.31. The van der Waals surface area contributed by atoms with Crippen LogP contribution in [0.2, 0.25) is 0 Å². The Morgan fingerprint density at radius 3 is 2.62 bits per heavy atom. The van der Waals surface area contributed by atoms with Crippen LogP contribution in [0.15, 0.2) is 53.1 Å². The second kappa shape index (κ2) is 6.53. The molecular weight excluding hydrogens is 278 g/mol. The lowest BCUT2D eigenvalue weighted by molar-refractivity contribution is -0.491. The predicted octanol–water partition coefficient (Wildman–Crippen LogP) is 2.52. The first-order valence-electron chi connectivity index (χ1n) is 6.07. The Morgan fingerprint density at radius 2 is 2.05 bits per heavy atom. The molecule has 0 saturated carbocycles. The molecular formula is C13H13N3O5. The van der Waals surface area contributed by atoms with Gasteiger partial charge in [0.1, 0.15) is 5.76 Å². The minimum absolute atomic E-state index is 0.123. The predicted molar refractivity (Wildman–Crippen MR) is 72.4 cm³/mol. The van der Waals surface area contributed by atoms with Gasteiger partial charge in [0.15, 0.2) is 6.04 Å². The number of rotatable bonds is 5. The molecule has 2 aromatic rings. The second-order valence-corrected chi connectivity index (χ2v) is 4.19. The molecule has 8 nitrogen and oxygen atoms in total. The molecule has 1 aromatic carbocycles. The summed E-state index contributed by atoms with van der Waals surface area (Å²) < 4.78 is 5.03. The van der Waals surface area contributed by atoms with E-state index < -0.39 is 23.5 Å². The Kier molecular flexibility index (Phi) is 4.52. The molecule has 0 radical (unpaired) electrons. The monoisotopic (exact) mass is 291 g/mol. The van der Waals surface area contributed by atoms with Gasteiger partial charge in [0.05, 0.1) is 6.26 Å². The number of hydrogen-bond acceptors (Lipinski definition) is 5. The van der Waals surface area contributed by atoms with Crippen molar-refractivity contribution in [2.75, 3.05) is 11.9 Å². The van der Waals surface area contributed by atoms with Crippen LogP contribution in [-0.2, 0) is 0 Å². The average Bonchev–Trinajstić information content (AvgIpc) is 2.99. The van der Waals surface area contributed by atoms with Crippen molar-refractivity contribution in [3.63, 3.8) is 0 Å². The Balaban J connectivity index is 2.12. The molecule has 0 aliphatic rings. The highest BCUT2D eigenvalue weighted by atomic mass is 16.6. The Hall–Kier alpha value is -2.87. The van der Waals surface area contributed by atoms with E-state index in [-0.39, 0.29) is 10.8 Å². The Morgan fingerprint density at radius 1 is 1.33 bits per heavy atom. The number of furan rings is 1. The maximum Gasteiger partial charge on any atom is 0.346 e. The molecule has 0 aliphatic heterocycles. The van der Waals surface area contributed by atoms with E-state index in [1.54, 1.807) is 30.3 Å². The van der Waals surface area contributed by atoms with E-state index in [0.717, 1.165) is 0 Å². The molecule has 2 rings (SSSR count). The number of para-hydroxylation sites is 1. The van der Waals surface area contributed by atoms with Crippen LogP contribution in [0.5, 0.6) is 0 Å². The van der Waals surface area contributed by atoms with Crippen molar-refractivity contribution >= 4 is 11.7 Å². The number of amides is 2. The van der Waals surface area contributed by atoms with Gasteiger partial charge in [-0.15, -0.1) is 0 Å². The molecule has 21 heavy (non-hydrogen) atoms. The summed E-state index contributed by atoms with van der Waals surface area (Å²) >= 11 is 0. The molecule has 1 atom stereocenters. The van der Waals surface area contributed by atoms with E-state index >= 15 is 0 Å². The van der Waals surface area contributed by atoms with Crippen molar-refractivity contribution in [2.24, 2.45) is 0 Å². The first kappa shape index (κ1) is 14.5. The molecule has 1 aromatic heterocycles. The number of carbonyl (C=O) groups excluding carboxylic acids is 1. The van der Waals surface area contributed by atoms with E-state index in [2.05, 4.69) is 5.32 Å². The lowest BCUT2D eigenvalue weighted by Crippen LogP contribution is -2.38. The summed E-state index contributed by atoms with van der Waals surface area (Å²) in [7, 11) is 0. The third-order valence-electron chi connectivity index (χ3n) is 2.72. The fourth-order valence-electron chi connectivity index (χ4n) is 1.75. The second-order valence-electron chi connectivity index (χ2n) is 4.19. The van der Waals surface area contributed by atoms with Crippen molar-refractivity contribution < 1.29 is 19.3 Å². The quantitative estimate of drug-likeness (QED) is 0.500. The van der Waals surface area contributed by atoms with Crippen LogP contribution in [-0.4, -0.2) is 27.8 Å². The van der Waals surface area contributed by atoms with E-state index in [9.17, 15) is 20.1 Å². The summed E-state index contributed by atoms with van der Waals surface area (Å²) in [4.78, 5) is 22.0. The number of anilines is 1. The minimum atomic E-state index is -1.21. The van der Waals surface area contributed by atoms with Gasteiger partial charge in [-0.2, -0.15) is 5.06 Å². The number of urea groups is 1. The van der Waals surface area contributed by atoms with Gasteiger partial charge in [0, 0.05) is 10.6 Å². The molecule has 2 N–H and O–H groups in total. The van der Waals surface area contributed by atoms with Gasteiger partial charge in [-0.1, -0.05) is 18.2 Å². The van der Waals surface area contributed by atoms with Gasteiger partial charge < -0.3 is 9.73 Å². The molecule has 1 unspecified atom stereocenters. The molecule has 0 saturated heterocycles. The number of nitrogens with zero attached hydrogens (tertiary/aromatic N) is 2. The molecule has 0 aliphatic carbocycles. The first-order chi connectivity index (χ1) is 10.1. The molecule has 8 heteroatoms. The standard InChI is InChI=1S/C13H13N3O5/c17-13(14-10-5-2-1-3-6-10)16(20)11(9-15(18)19)12-7-4-8-21-12/h1-8,11,20H,9H2,(H,14,17).